The number of halogens is 1. The highest BCUT2D eigenvalue weighted by molar-refractivity contribution is 9.11. The van der Waals surface area contributed by atoms with Crippen molar-refractivity contribution in [1.29, 1.82) is 0 Å². The fourth-order valence-electron chi connectivity index (χ4n) is 2.24. The highest BCUT2D eigenvalue weighted by atomic mass is 79.9. The molecular weight excluding hydrogens is 282 g/mol. The third kappa shape index (κ3) is 3.08. The van der Waals surface area contributed by atoms with E-state index < -0.39 is 0 Å². The Hall–Kier alpha value is 0.140. The monoisotopic (exact) mass is 301 g/mol. The number of hydrogen-bond acceptors (Lipinski definition) is 2. The third-order valence-corrected chi connectivity index (χ3v) is 5.11. The van der Waals surface area contributed by atoms with Gasteiger partial charge in [-0.1, -0.05) is 13.8 Å². The van der Waals surface area contributed by atoms with Crippen molar-refractivity contribution >= 4 is 27.3 Å². The zero-order chi connectivity index (χ0) is 11.5. The molecule has 1 aromatic heterocycles. The van der Waals surface area contributed by atoms with Gasteiger partial charge in [0.05, 0.1) is 3.79 Å². The maximum Gasteiger partial charge on any atom is 0.0701 e. The molecule has 2 atom stereocenters. The average Bonchev–Trinajstić information content (AvgIpc) is 3.03. The summed E-state index contributed by atoms with van der Waals surface area (Å²) in [5.74, 6) is 1.73. The number of hydrogen-bond donors (Lipinski definition) is 1. The van der Waals surface area contributed by atoms with Gasteiger partial charge in [0.2, 0.25) is 0 Å². The molecule has 1 saturated carbocycles. The fraction of sp³-hybridized carbons (Fsp3) is 0.692. The Morgan fingerprint density at radius 2 is 2.25 bits per heavy atom. The van der Waals surface area contributed by atoms with Crippen molar-refractivity contribution in [3.8, 4) is 0 Å². The lowest BCUT2D eigenvalue weighted by molar-refractivity contribution is 0.354. The number of thiophene rings is 1. The van der Waals surface area contributed by atoms with E-state index in [4.69, 9.17) is 0 Å². The minimum atomic E-state index is 0.559. The summed E-state index contributed by atoms with van der Waals surface area (Å²) in [4.78, 5) is 1.49. The largest absolute Gasteiger partial charge is 0.309 e. The second-order valence-electron chi connectivity index (χ2n) is 4.77. The molecule has 1 nitrogen and oxygen atoms in total. The Labute approximate surface area is 111 Å². The Morgan fingerprint density at radius 3 is 2.75 bits per heavy atom. The molecule has 0 spiro atoms. The van der Waals surface area contributed by atoms with E-state index in [9.17, 15) is 0 Å². The van der Waals surface area contributed by atoms with Crippen LogP contribution >= 0.6 is 27.3 Å². The molecule has 1 aliphatic carbocycles. The maximum atomic E-state index is 3.71. The van der Waals surface area contributed by atoms with Crippen LogP contribution in [-0.2, 0) is 0 Å². The van der Waals surface area contributed by atoms with Crippen LogP contribution < -0.4 is 5.32 Å². The molecule has 90 valence electrons. The van der Waals surface area contributed by atoms with Crippen molar-refractivity contribution in [1.82, 2.24) is 5.32 Å². The SMILES string of the molecule is CCCNC(c1ccc(Br)s1)C(C)C1CC1. The van der Waals surface area contributed by atoms with Crippen molar-refractivity contribution in [3.63, 3.8) is 0 Å². The van der Waals surface area contributed by atoms with Crippen molar-refractivity contribution in [3.05, 3.63) is 20.8 Å². The summed E-state index contributed by atoms with van der Waals surface area (Å²) < 4.78 is 1.24. The molecule has 0 aliphatic heterocycles. The van der Waals surface area contributed by atoms with E-state index in [-0.39, 0.29) is 0 Å². The molecule has 16 heavy (non-hydrogen) atoms. The van der Waals surface area contributed by atoms with Crippen molar-refractivity contribution < 1.29 is 0 Å². The van der Waals surface area contributed by atoms with Crippen molar-refractivity contribution in [2.24, 2.45) is 11.8 Å². The second kappa shape index (κ2) is 5.65. The normalized spacial score (nSPS) is 19.7. The van der Waals surface area contributed by atoms with Gasteiger partial charge in [0.1, 0.15) is 0 Å². The van der Waals surface area contributed by atoms with Gasteiger partial charge in [-0.2, -0.15) is 0 Å². The highest BCUT2D eigenvalue weighted by Gasteiger charge is 2.34. The lowest BCUT2D eigenvalue weighted by Crippen LogP contribution is -2.28. The van der Waals surface area contributed by atoms with E-state index in [0.29, 0.717) is 6.04 Å². The average molecular weight is 302 g/mol. The summed E-state index contributed by atoms with van der Waals surface area (Å²) in [5.41, 5.74) is 0. The Balaban J connectivity index is 2.06. The van der Waals surface area contributed by atoms with E-state index in [1.165, 1.54) is 27.9 Å². The predicted octanol–water partition coefficient (Wildman–Crippen LogP) is 4.60. The topological polar surface area (TPSA) is 12.0 Å². The standard InChI is InChI=1S/C13H20BrNS/c1-3-8-15-13(9(2)10-4-5-10)11-6-7-12(14)16-11/h6-7,9-10,13,15H,3-5,8H2,1-2H3. The van der Waals surface area contributed by atoms with Gasteiger partial charge in [-0.3, -0.25) is 0 Å². The Morgan fingerprint density at radius 1 is 1.50 bits per heavy atom. The first-order valence-electron chi connectivity index (χ1n) is 6.21. The van der Waals surface area contributed by atoms with E-state index in [0.717, 1.165) is 18.4 Å². The highest BCUT2D eigenvalue weighted by Crippen LogP contribution is 2.44. The first kappa shape index (κ1) is 12.6. The first-order valence-corrected chi connectivity index (χ1v) is 7.82. The molecule has 1 N–H and O–H groups in total. The molecule has 1 fully saturated rings. The molecule has 0 aromatic carbocycles. The molecule has 1 aliphatic rings. The molecule has 0 saturated heterocycles. The molecule has 0 amide bonds. The van der Waals surface area contributed by atoms with Crippen LogP contribution in [0.1, 0.15) is 44.0 Å². The molecule has 2 rings (SSSR count). The van der Waals surface area contributed by atoms with Crippen LogP contribution in [0.4, 0.5) is 0 Å². The number of rotatable bonds is 6. The van der Waals surface area contributed by atoms with Crippen LogP contribution in [0.2, 0.25) is 0 Å². The van der Waals surface area contributed by atoms with Crippen molar-refractivity contribution in [2.45, 2.75) is 39.2 Å². The van der Waals surface area contributed by atoms with Gasteiger partial charge in [-0.15, -0.1) is 11.3 Å². The number of nitrogens with one attached hydrogen (secondary N) is 1. The summed E-state index contributed by atoms with van der Waals surface area (Å²) in [7, 11) is 0. The molecule has 1 heterocycles. The maximum absolute atomic E-state index is 3.71. The van der Waals surface area contributed by atoms with E-state index in [1.807, 2.05) is 11.3 Å². The minimum absolute atomic E-state index is 0.559. The Kier molecular flexibility index (Phi) is 4.45. The molecule has 0 radical (unpaired) electrons. The molecule has 2 unspecified atom stereocenters. The molecular formula is C13H20BrNS. The summed E-state index contributed by atoms with van der Waals surface area (Å²) in [6, 6.07) is 4.99. The van der Waals surface area contributed by atoms with Gasteiger partial charge in [-0.25, -0.2) is 0 Å². The molecule has 3 heteroatoms. The third-order valence-electron chi connectivity index (χ3n) is 3.41. The summed E-state index contributed by atoms with van der Waals surface area (Å²) in [5, 5.41) is 3.71. The lowest BCUT2D eigenvalue weighted by Gasteiger charge is -2.24. The lowest BCUT2D eigenvalue weighted by atomic mass is 9.95. The van der Waals surface area contributed by atoms with Gasteiger partial charge < -0.3 is 5.32 Å². The summed E-state index contributed by atoms with van der Waals surface area (Å²) in [6.07, 6.45) is 4.07. The first-order chi connectivity index (χ1) is 7.72. The molecule has 0 bridgehead atoms. The fourth-order valence-corrected chi connectivity index (χ4v) is 3.85. The quantitative estimate of drug-likeness (QED) is 0.810. The zero-order valence-electron chi connectivity index (χ0n) is 10.0. The van der Waals surface area contributed by atoms with Crippen LogP contribution in [0.15, 0.2) is 15.9 Å². The summed E-state index contributed by atoms with van der Waals surface area (Å²) in [6.45, 7) is 5.76. The van der Waals surface area contributed by atoms with Gasteiger partial charge >= 0.3 is 0 Å². The van der Waals surface area contributed by atoms with Crippen LogP contribution in [0.25, 0.3) is 0 Å². The predicted molar refractivity (Wildman–Crippen MR) is 74.9 cm³/mol. The van der Waals surface area contributed by atoms with Crippen molar-refractivity contribution in [2.75, 3.05) is 6.54 Å². The van der Waals surface area contributed by atoms with Crippen LogP contribution in [0.5, 0.6) is 0 Å². The Bertz CT molecular complexity index is 332. The second-order valence-corrected chi connectivity index (χ2v) is 7.26. The van der Waals surface area contributed by atoms with E-state index in [1.54, 1.807) is 0 Å². The zero-order valence-corrected chi connectivity index (χ0v) is 12.4. The van der Waals surface area contributed by atoms with E-state index in [2.05, 4.69) is 47.2 Å². The van der Waals surface area contributed by atoms with Crippen LogP contribution in [-0.4, -0.2) is 6.54 Å². The van der Waals surface area contributed by atoms with E-state index >= 15 is 0 Å². The van der Waals surface area contributed by atoms with Gasteiger partial charge in [-0.05, 0) is 65.7 Å². The molecule has 1 aromatic rings. The van der Waals surface area contributed by atoms with Crippen LogP contribution in [0, 0.1) is 11.8 Å². The van der Waals surface area contributed by atoms with Gasteiger partial charge in [0.15, 0.2) is 0 Å². The summed E-state index contributed by atoms with van der Waals surface area (Å²) >= 11 is 5.44. The van der Waals surface area contributed by atoms with Gasteiger partial charge in [0.25, 0.3) is 0 Å². The van der Waals surface area contributed by atoms with Gasteiger partial charge in [0, 0.05) is 10.9 Å². The smallest absolute Gasteiger partial charge is 0.0701 e. The van der Waals surface area contributed by atoms with Crippen LogP contribution in [0.3, 0.4) is 0 Å². The minimum Gasteiger partial charge on any atom is -0.309 e.